The summed E-state index contributed by atoms with van der Waals surface area (Å²) in [7, 11) is 1.81. The first-order valence-electron chi connectivity index (χ1n) is 9.69. The molecule has 1 saturated carbocycles. The maximum atomic E-state index is 13.5. The zero-order valence-corrected chi connectivity index (χ0v) is 16.9. The smallest absolute Gasteiger partial charge is 0.371 e. The van der Waals surface area contributed by atoms with Crippen molar-refractivity contribution in [3.8, 4) is 0 Å². The maximum absolute atomic E-state index is 13.5. The van der Waals surface area contributed by atoms with Gasteiger partial charge in [0.2, 0.25) is 11.0 Å². The molecule has 0 radical (unpaired) electrons. The van der Waals surface area contributed by atoms with Crippen LogP contribution in [-0.4, -0.2) is 37.5 Å². The number of benzene rings is 1. The summed E-state index contributed by atoms with van der Waals surface area (Å²) in [5.74, 6) is -0.886. The molecular weight excluding hydrogens is 394 g/mol. The molecule has 0 unspecified atom stereocenters. The number of rotatable bonds is 5. The van der Waals surface area contributed by atoms with Gasteiger partial charge in [0, 0.05) is 18.7 Å². The largest absolute Gasteiger partial charge is 0.475 e. The Bertz CT molecular complexity index is 1070. The predicted molar refractivity (Wildman–Crippen MR) is 108 cm³/mol. The molecule has 0 saturated heterocycles. The molecule has 1 aliphatic rings. The van der Waals surface area contributed by atoms with Gasteiger partial charge in [-0.05, 0) is 54.8 Å². The molecule has 152 valence electrons. The van der Waals surface area contributed by atoms with Crippen LogP contribution in [0.4, 0.5) is 0 Å². The minimum Gasteiger partial charge on any atom is -0.475 e. The van der Waals surface area contributed by atoms with E-state index >= 15 is 0 Å². The highest BCUT2D eigenvalue weighted by atomic mass is 35.5. The van der Waals surface area contributed by atoms with E-state index in [0.717, 1.165) is 36.7 Å². The first kappa shape index (κ1) is 19.5. The molecule has 3 aromatic rings. The number of nitrogens with zero attached hydrogens (tertiary/aromatic N) is 3. The first-order chi connectivity index (χ1) is 13.9. The van der Waals surface area contributed by atoms with Crippen molar-refractivity contribution in [2.24, 2.45) is 7.05 Å². The Morgan fingerprint density at radius 3 is 2.69 bits per heavy atom. The third-order valence-corrected chi connectivity index (χ3v) is 5.89. The number of carboxylic acids is 1. The molecule has 4 rings (SSSR count). The number of aromatic carboxylic acids is 1. The number of furan rings is 1. The van der Waals surface area contributed by atoms with Gasteiger partial charge < -0.3 is 19.0 Å². The number of aromatic nitrogens is 2. The highest BCUT2D eigenvalue weighted by Crippen LogP contribution is 2.27. The van der Waals surface area contributed by atoms with Crippen molar-refractivity contribution >= 4 is 34.5 Å². The molecule has 1 aromatic carbocycles. The van der Waals surface area contributed by atoms with Crippen LogP contribution in [0.1, 0.15) is 58.8 Å². The topological polar surface area (TPSA) is 88.6 Å². The minimum atomic E-state index is -1.12. The first-order valence-corrected chi connectivity index (χ1v) is 10.1. The summed E-state index contributed by atoms with van der Waals surface area (Å²) < 4.78 is 7.16. The van der Waals surface area contributed by atoms with Crippen LogP contribution in [0.3, 0.4) is 0 Å². The summed E-state index contributed by atoms with van der Waals surface area (Å²) in [6.07, 6.45) is 5.17. The molecule has 1 N–H and O–H groups in total. The molecule has 0 aliphatic heterocycles. The Kier molecular flexibility index (Phi) is 5.32. The van der Waals surface area contributed by atoms with Gasteiger partial charge in [0.1, 0.15) is 5.76 Å². The van der Waals surface area contributed by atoms with Crippen molar-refractivity contribution in [2.75, 3.05) is 0 Å². The lowest BCUT2D eigenvalue weighted by molar-refractivity contribution is 0.0590. The number of fused-ring (bicyclic) bond motifs is 1. The van der Waals surface area contributed by atoms with E-state index in [1.54, 1.807) is 35.9 Å². The number of imidazole rings is 1. The average Bonchev–Trinajstić information content (AvgIpc) is 3.31. The number of halogens is 1. The molecular formula is C21H22ClN3O4. The van der Waals surface area contributed by atoms with Crippen molar-refractivity contribution in [3.05, 3.63) is 52.7 Å². The van der Waals surface area contributed by atoms with Crippen LogP contribution >= 0.6 is 11.6 Å². The van der Waals surface area contributed by atoms with Crippen LogP contribution in [0.15, 0.2) is 34.7 Å². The molecule has 0 bridgehead atoms. The summed E-state index contributed by atoms with van der Waals surface area (Å²) in [6.45, 7) is 0.237. The van der Waals surface area contributed by atoms with Gasteiger partial charge >= 0.3 is 5.97 Å². The Morgan fingerprint density at radius 1 is 1.24 bits per heavy atom. The third-order valence-electron chi connectivity index (χ3n) is 5.55. The summed E-state index contributed by atoms with van der Waals surface area (Å²) in [6, 6.07) is 8.50. The SMILES string of the molecule is Cn1c(Cl)nc2ccc(C(=O)N(Cc3ccc(C(=O)O)o3)C3CCCCC3)cc21. The Morgan fingerprint density at radius 2 is 2.00 bits per heavy atom. The minimum absolute atomic E-state index is 0.0976. The van der Waals surface area contributed by atoms with E-state index in [2.05, 4.69) is 4.98 Å². The zero-order chi connectivity index (χ0) is 20.5. The van der Waals surface area contributed by atoms with Gasteiger partial charge in [-0.2, -0.15) is 0 Å². The Balaban J connectivity index is 1.66. The van der Waals surface area contributed by atoms with Gasteiger partial charge in [-0.1, -0.05) is 19.3 Å². The van der Waals surface area contributed by atoms with E-state index in [1.807, 2.05) is 4.90 Å². The summed E-state index contributed by atoms with van der Waals surface area (Å²) in [4.78, 5) is 30.7. The van der Waals surface area contributed by atoms with Crippen molar-refractivity contribution in [1.29, 1.82) is 0 Å². The van der Waals surface area contributed by atoms with E-state index in [1.165, 1.54) is 12.5 Å². The van der Waals surface area contributed by atoms with Gasteiger partial charge in [0.05, 0.1) is 17.6 Å². The third kappa shape index (κ3) is 3.87. The zero-order valence-electron chi connectivity index (χ0n) is 16.1. The van der Waals surface area contributed by atoms with Gasteiger partial charge in [0.25, 0.3) is 5.91 Å². The van der Waals surface area contributed by atoms with Crippen LogP contribution in [0.2, 0.25) is 5.28 Å². The standard InChI is InChI=1S/C21H22ClN3O4/c1-24-17-11-13(7-9-16(17)23-21(24)22)19(26)25(14-5-3-2-4-6-14)12-15-8-10-18(29-15)20(27)28/h7-11,14H,2-6,12H2,1H3,(H,27,28). The van der Waals surface area contributed by atoms with Crippen molar-refractivity contribution in [2.45, 2.75) is 44.7 Å². The molecule has 8 heteroatoms. The summed E-state index contributed by atoms with van der Waals surface area (Å²) in [5.41, 5.74) is 2.07. The molecule has 1 amide bonds. The second kappa shape index (κ2) is 7.91. The molecule has 7 nitrogen and oxygen atoms in total. The van der Waals surface area contributed by atoms with E-state index in [-0.39, 0.29) is 24.3 Å². The fraction of sp³-hybridized carbons (Fsp3) is 0.381. The van der Waals surface area contributed by atoms with Crippen LogP contribution in [-0.2, 0) is 13.6 Å². The molecule has 29 heavy (non-hydrogen) atoms. The lowest BCUT2D eigenvalue weighted by Crippen LogP contribution is -2.40. The van der Waals surface area contributed by atoms with E-state index < -0.39 is 5.97 Å². The fourth-order valence-electron chi connectivity index (χ4n) is 3.96. The molecule has 0 atom stereocenters. The monoisotopic (exact) mass is 415 g/mol. The van der Waals surface area contributed by atoms with Crippen molar-refractivity contribution < 1.29 is 19.1 Å². The maximum Gasteiger partial charge on any atom is 0.371 e. The molecule has 0 spiro atoms. The number of hydrogen-bond donors (Lipinski definition) is 1. The fourth-order valence-corrected chi connectivity index (χ4v) is 4.15. The van der Waals surface area contributed by atoms with Crippen LogP contribution in [0.25, 0.3) is 11.0 Å². The van der Waals surface area contributed by atoms with E-state index in [0.29, 0.717) is 16.6 Å². The van der Waals surface area contributed by atoms with Crippen LogP contribution in [0, 0.1) is 0 Å². The van der Waals surface area contributed by atoms with Gasteiger partial charge in [-0.25, -0.2) is 9.78 Å². The molecule has 2 aromatic heterocycles. The Labute approximate surface area is 172 Å². The number of carbonyl (C=O) groups excluding carboxylic acids is 1. The van der Waals surface area contributed by atoms with Gasteiger partial charge in [-0.15, -0.1) is 0 Å². The van der Waals surface area contributed by atoms with Crippen molar-refractivity contribution in [1.82, 2.24) is 14.5 Å². The van der Waals surface area contributed by atoms with Crippen LogP contribution in [0.5, 0.6) is 0 Å². The van der Waals surface area contributed by atoms with Gasteiger partial charge in [0.15, 0.2) is 0 Å². The number of carboxylic acid groups (broad SMARTS) is 1. The number of hydrogen-bond acceptors (Lipinski definition) is 4. The normalized spacial score (nSPS) is 15.0. The van der Waals surface area contributed by atoms with E-state index in [4.69, 9.17) is 21.1 Å². The number of amides is 1. The number of carbonyl (C=O) groups is 2. The van der Waals surface area contributed by atoms with Crippen molar-refractivity contribution in [3.63, 3.8) is 0 Å². The lowest BCUT2D eigenvalue weighted by Gasteiger charge is -2.34. The highest BCUT2D eigenvalue weighted by molar-refractivity contribution is 6.29. The average molecular weight is 416 g/mol. The Hall–Kier alpha value is -2.80. The second-order valence-electron chi connectivity index (χ2n) is 7.44. The molecule has 1 fully saturated rings. The lowest BCUT2D eigenvalue weighted by atomic mass is 9.93. The quantitative estimate of drug-likeness (QED) is 0.663. The molecule has 2 heterocycles. The van der Waals surface area contributed by atoms with Crippen LogP contribution < -0.4 is 0 Å². The van der Waals surface area contributed by atoms with Gasteiger partial charge in [-0.3, -0.25) is 4.79 Å². The predicted octanol–water partition coefficient (Wildman–Crippen LogP) is 4.49. The highest BCUT2D eigenvalue weighted by Gasteiger charge is 2.28. The second-order valence-corrected chi connectivity index (χ2v) is 7.78. The number of aryl methyl sites for hydroxylation is 1. The van der Waals surface area contributed by atoms with E-state index in [9.17, 15) is 9.59 Å². The molecule has 1 aliphatic carbocycles. The summed E-state index contributed by atoms with van der Waals surface area (Å²) in [5, 5.41) is 9.47. The summed E-state index contributed by atoms with van der Waals surface area (Å²) >= 11 is 6.10.